The number of hydrazine groups is 1. The average Bonchev–Trinajstić information content (AvgIpc) is 2.48. The minimum atomic E-state index is -1.19. The summed E-state index contributed by atoms with van der Waals surface area (Å²) in [4.78, 5) is 15.6. The van der Waals surface area contributed by atoms with E-state index in [0.717, 1.165) is 11.3 Å². The van der Waals surface area contributed by atoms with Crippen molar-refractivity contribution in [1.82, 2.24) is 5.43 Å². The minimum Gasteiger partial charge on any atom is -0.457 e. The fraction of sp³-hybridized carbons (Fsp3) is 0.385. The van der Waals surface area contributed by atoms with E-state index in [1.807, 2.05) is 31.2 Å². The van der Waals surface area contributed by atoms with Crippen LogP contribution in [0.15, 0.2) is 29.3 Å². The Labute approximate surface area is 116 Å². The van der Waals surface area contributed by atoms with E-state index in [4.69, 9.17) is 4.74 Å². The van der Waals surface area contributed by atoms with Crippen molar-refractivity contribution in [2.24, 2.45) is 4.99 Å². The van der Waals surface area contributed by atoms with Crippen LogP contribution in [0.4, 0.5) is 5.69 Å². The molecular weight excluding hydrogens is 262 g/mol. The summed E-state index contributed by atoms with van der Waals surface area (Å²) >= 11 is 0. The standard InChI is InChI=1S/C13H17N3O4/c1-9-2-4-10(5-3-9)15-16-11-12(19)20-8-13(6-17,7-18)14-11/h2-5,15,17-18H,6-8H2,1H3,(H,14,16). The number of nitrogens with zero attached hydrogens (tertiary/aromatic N) is 1. The van der Waals surface area contributed by atoms with E-state index in [1.54, 1.807) is 0 Å². The fourth-order valence-electron chi connectivity index (χ4n) is 1.64. The van der Waals surface area contributed by atoms with Crippen LogP contribution in [0.25, 0.3) is 0 Å². The van der Waals surface area contributed by atoms with Crippen molar-refractivity contribution in [1.29, 1.82) is 0 Å². The number of aryl methyl sites for hydroxylation is 1. The second-order valence-electron chi connectivity index (χ2n) is 4.69. The Balaban J connectivity index is 2.08. The highest BCUT2D eigenvalue weighted by atomic mass is 16.5. The molecule has 1 aliphatic heterocycles. The van der Waals surface area contributed by atoms with Crippen molar-refractivity contribution in [3.05, 3.63) is 29.8 Å². The van der Waals surface area contributed by atoms with Crippen molar-refractivity contribution >= 4 is 17.5 Å². The third kappa shape index (κ3) is 3.06. The van der Waals surface area contributed by atoms with Gasteiger partial charge in [0.2, 0.25) is 5.84 Å². The summed E-state index contributed by atoms with van der Waals surface area (Å²) in [5.74, 6) is -0.720. The first-order valence-corrected chi connectivity index (χ1v) is 6.16. The third-order valence-corrected chi connectivity index (χ3v) is 2.98. The van der Waals surface area contributed by atoms with Gasteiger partial charge in [0.25, 0.3) is 0 Å². The molecule has 1 aromatic rings. The van der Waals surface area contributed by atoms with Gasteiger partial charge in [-0.3, -0.25) is 10.9 Å². The first-order chi connectivity index (χ1) is 9.58. The Morgan fingerprint density at radius 2 is 1.90 bits per heavy atom. The molecule has 1 heterocycles. The molecule has 0 spiro atoms. The summed E-state index contributed by atoms with van der Waals surface area (Å²) in [5, 5.41) is 18.5. The number of rotatable bonds is 4. The lowest BCUT2D eigenvalue weighted by Crippen LogP contribution is -2.51. The molecule has 0 aliphatic carbocycles. The Hall–Kier alpha value is -2.12. The highest BCUT2D eigenvalue weighted by molar-refractivity contribution is 6.36. The van der Waals surface area contributed by atoms with E-state index >= 15 is 0 Å². The van der Waals surface area contributed by atoms with Crippen LogP contribution in [0.3, 0.4) is 0 Å². The number of hydrogen-bond acceptors (Lipinski definition) is 7. The molecule has 1 aromatic carbocycles. The molecule has 7 heteroatoms. The first kappa shape index (κ1) is 14.3. The van der Waals surface area contributed by atoms with Crippen molar-refractivity contribution in [2.75, 3.05) is 25.2 Å². The zero-order valence-corrected chi connectivity index (χ0v) is 11.1. The van der Waals surface area contributed by atoms with E-state index < -0.39 is 24.7 Å². The van der Waals surface area contributed by atoms with Gasteiger partial charge in [-0.1, -0.05) is 17.7 Å². The van der Waals surface area contributed by atoms with Gasteiger partial charge in [0.15, 0.2) is 0 Å². The maximum Gasteiger partial charge on any atom is 0.375 e. The van der Waals surface area contributed by atoms with Crippen LogP contribution in [-0.4, -0.2) is 47.4 Å². The molecule has 0 amide bonds. The van der Waals surface area contributed by atoms with Crippen LogP contribution in [0.5, 0.6) is 0 Å². The number of aliphatic hydroxyl groups excluding tert-OH is 2. The number of esters is 1. The third-order valence-electron chi connectivity index (χ3n) is 2.98. The topological polar surface area (TPSA) is 103 Å². The van der Waals surface area contributed by atoms with Gasteiger partial charge in [-0.15, -0.1) is 0 Å². The molecule has 2 rings (SSSR count). The minimum absolute atomic E-state index is 0.0834. The highest BCUT2D eigenvalue weighted by Gasteiger charge is 2.36. The number of cyclic esters (lactones) is 1. The smallest absolute Gasteiger partial charge is 0.375 e. The van der Waals surface area contributed by atoms with Crippen LogP contribution in [0, 0.1) is 6.92 Å². The van der Waals surface area contributed by atoms with Gasteiger partial charge in [-0.25, -0.2) is 9.79 Å². The van der Waals surface area contributed by atoms with Crippen molar-refractivity contribution in [3.63, 3.8) is 0 Å². The van der Waals surface area contributed by atoms with E-state index in [1.165, 1.54) is 0 Å². The second kappa shape index (κ2) is 5.89. The largest absolute Gasteiger partial charge is 0.457 e. The van der Waals surface area contributed by atoms with Crippen molar-refractivity contribution in [3.8, 4) is 0 Å². The van der Waals surface area contributed by atoms with Crippen molar-refractivity contribution < 1.29 is 19.7 Å². The Kier molecular flexibility index (Phi) is 4.21. The molecule has 1 aliphatic rings. The number of nitrogens with one attached hydrogen (secondary N) is 2. The lowest BCUT2D eigenvalue weighted by Gasteiger charge is -2.29. The molecule has 0 atom stereocenters. The molecule has 0 saturated carbocycles. The van der Waals surface area contributed by atoms with Crippen LogP contribution in [-0.2, 0) is 9.53 Å². The van der Waals surface area contributed by atoms with Gasteiger partial charge in [0.05, 0.1) is 18.9 Å². The first-order valence-electron chi connectivity index (χ1n) is 6.16. The number of aliphatic hydroxyl groups is 2. The molecule has 4 N–H and O–H groups in total. The van der Waals surface area contributed by atoms with Gasteiger partial charge in [-0.05, 0) is 19.1 Å². The number of benzene rings is 1. The Bertz CT molecular complexity index is 509. The number of carbonyl (C=O) groups excluding carboxylic acids is 1. The molecular formula is C13H17N3O4. The van der Waals surface area contributed by atoms with Crippen molar-refractivity contribution in [2.45, 2.75) is 12.5 Å². The number of amidine groups is 1. The molecule has 0 fully saturated rings. The summed E-state index contributed by atoms with van der Waals surface area (Å²) in [6.07, 6.45) is 0. The normalized spacial score (nSPS) is 17.1. The maximum atomic E-state index is 11.6. The molecule has 0 unspecified atom stereocenters. The zero-order chi connectivity index (χ0) is 14.6. The number of anilines is 1. The molecule has 0 radical (unpaired) electrons. The summed E-state index contributed by atoms with van der Waals surface area (Å²) in [6, 6.07) is 7.50. The van der Waals surface area contributed by atoms with E-state index in [0.29, 0.717) is 0 Å². The Morgan fingerprint density at radius 3 is 2.50 bits per heavy atom. The number of aliphatic imine (C=N–C) groups is 1. The average molecular weight is 279 g/mol. The van der Waals surface area contributed by atoms with E-state index in [2.05, 4.69) is 15.8 Å². The molecule has 20 heavy (non-hydrogen) atoms. The van der Waals surface area contributed by atoms with Crippen LogP contribution in [0.1, 0.15) is 5.56 Å². The summed E-state index contributed by atoms with van der Waals surface area (Å²) in [6.45, 7) is 1.00. The zero-order valence-electron chi connectivity index (χ0n) is 11.1. The van der Waals surface area contributed by atoms with Crippen LogP contribution < -0.4 is 10.9 Å². The van der Waals surface area contributed by atoms with E-state index in [9.17, 15) is 15.0 Å². The SMILES string of the molecule is Cc1ccc(NNC2=NC(CO)(CO)COC2=O)cc1. The molecule has 0 saturated heterocycles. The number of carbonyl (C=O) groups is 1. The quantitative estimate of drug-likeness (QED) is 0.441. The number of hydrogen-bond donors (Lipinski definition) is 4. The Morgan fingerprint density at radius 1 is 1.25 bits per heavy atom. The predicted octanol–water partition coefficient (Wildman–Crippen LogP) is -0.410. The maximum absolute atomic E-state index is 11.6. The molecule has 0 bridgehead atoms. The van der Waals surface area contributed by atoms with Crippen LogP contribution >= 0.6 is 0 Å². The van der Waals surface area contributed by atoms with E-state index in [-0.39, 0.29) is 12.4 Å². The number of ether oxygens (including phenoxy) is 1. The van der Waals surface area contributed by atoms with Crippen LogP contribution in [0.2, 0.25) is 0 Å². The lowest BCUT2D eigenvalue weighted by atomic mass is 10.0. The predicted molar refractivity (Wildman–Crippen MR) is 73.2 cm³/mol. The molecule has 108 valence electrons. The second-order valence-corrected chi connectivity index (χ2v) is 4.69. The summed E-state index contributed by atoms with van der Waals surface area (Å²) in [7, 11) is 0. The lowest BCUT2D eigenvalue weighted by molar-refractivity contribution is -0.140. The van der Waals surface area contributed by atoms with Gasteiger partial charge < -0.3 is 14.9 Å². The van der Waals surface area contributed by atoms with Gasteiger partial charge in [-0.2, -0.15) is 0 Å². The molecule has 7 nitrogen and oxygen atoms in total. The summed E-state index contributed by atoms with van der Waals surface area (Å²) < 4.78 is 4.90. The molecule has 0 aromatic heterocycles. The fourth-order valence-corrected chi connectivity index (χ4v) is 1.64. The summed E-state index contributed by atoms with van der Waals surface area (Å²) in [5.41, 5.74) is 6.12. The van der Waals surface area contributed by atoms with Gasteiger partial charge in [0.1, 0.15) is 12.1 Å². The van der Waals surface area contributed by atoms with Gasteiger partial charge >= 0.3 is 5.97 Å². The van der Waals surface area contributed by atoms with Gasteiger partial charge in [0, 0.05) is 0 Å². The highest BCUT2D eigenvalue weighted by Crippen LogP contribution is 2.15. The monoisotopic (exact) mass is 279 g/mol.